The van der Waals surface area contributed by atoms with E-state index < -0.39 is 0 Å². The number of halogens is 1. The molecule has 1 aromatic carbocycles. The summed E-state index contributed by atoms with van der Waals surface area (Å²) in [6.45, 7) is 6.01. The number of Topliss-reactive ketones (excluding diaryl/α,β-unsaturated/α-hetero) is 1. The highest BCUT2D eigenvalue weighted by atomic mass is 79.9. The molecule has 92 valence electrons. The standard InChI is InChI=1S/C14H18BrNO/c1-10-9-16(7-6-14(10)17)11(2)12-4-3-5-13(15)8-12/h3-5,8,10-11H,6-7,9H2,1-2H3. The maximum Gasteiger partial charge on any atom is 0.138 e. The van der Waals surface area contributed by atoms with Crippen molar-refractivity contribution in [3.8, 4) is 0 Å². The molecule has 0 aliphatic carbocycles. The summed E-state index contributed by atoms with van der Waals surface area (Å²) >= 11 is 3.50. The molecule has 17 heavy (non-hydrogen) atoms. The highest BCUT2D eigenvalue weighted by Crippen LogP contribution is 2.26. The molecule has 0 saturated carbocycles. The quantitative estimate of drug-likeness (QED) is 0.833. The van der Waals surface area contributed by atoms with E-state index in [9.17, 15) is 4.79 Å². The van der Waals surface area contributed by atoms with Gasteiger partial charge in [-0.2, -0.15) is 0 Å². The van der Waals surface area contributed by atoms with E-state index in [2.05, 4.69) is 46.0 Å². The van der Waals surface area contributed by atoms with Gasteiger partial charge in [0.1, 0.15) is 5.78 Å². The van der Waals surface area contributed by atoms with Crippen LogP contribution in [0.4, 0.5) is 0 Å². The largest absolute Gasteiger partial charge is 0.299 e. The van der Waals surface area contributed by atoms with Crippen molar-refractivity contribution in [3.63, 3.8) is 0 Å². The molecule has 1 fully saturated rings. The average Bonchev–Trinajstić information content (AvgIpc) is 2.32. The number of hydrogen-bond donors (Lipinski definition) is 0. The van der Waals surface area contributed by atoms with Gasteiger partial charge in [-0.15, -0.1) is 0 Å². The van der Waals surface area contributed by atoms with Gasteiger partial charge in [-0.25, -0.2) is 0 Å². The average molecular weight is 296 g/mol. The zero-order valence-electron chi connectivity index (χ0n) is 10.3. The second kappa shape index (κ2) is 5.32. The number of likely N-dealkylation sites (tertiary alicyclic amines) is 1. The van der Waals surface area contributed by atoms with Crippen molar-refractivity contribution < 1.29 is 4.79 Å². The minimum absolute atomic E-state index is 0.179. The van der Waals surface area contributed by atoms with E-state index in [1.807, 2.05) is 13.0 Å². The van der Waals surface area contributed by atoms with Gasteiger partial charge < -0.3 is 0 Å². The van der Waals surface area contributed by atoms with Gasteiger partial charge in [-0.1, -0.05) is 35.0 Å². The number of ketones is 1. The van der Waals surface area contributed by atoms with Gasteiger partial charge in [-0.3, -0.25) is 9.69 Å². The van der Waals surface area contributed by atoms with Crippen LogP contribution in [0.5, 0.6) is 0 Å². The predicted molar refractivity (Wildman–Crippen MR) is 72.9 cm³/mol. The van der Waals surface area contributed by atoms with Crippen molar-refractivity contribution in [1.82, 2.24) is 4.90 Å². The van der Waals surface area contributed by atoms with Crippen LogP contribution in [0.25, 0.3) is 0 Å². The molecular weight excluding hydrogens is 278 g/mol. The summed E-state index contributed by atoms with van der Waals surface area (Å²) < 4.78 is 1.11. The van der Waals surface area contributed by atoms with Crippen LogP contribution in [0, 0.1) is 5.92 Å². The lowest BCUT2D eigenvalue weighted by Crippen LogP contribution is -2.40. The summed E-state index contributed by atoms with van der Waals surface area (Å²) in [6, 6.07) is 8.79. The SMILES string of the molecule is CC1CN(C(C)c2cccc(Br)c2)CCC1=O. The molecule has 2 unspecified atom stereocenters. The zero-order chi connectivity index (χ0) is 12.4. The van der Waals surface area contributed by atoms with E-state index in [1.165, 1.54) is 5.56 Å². The van der Waals surface area contributed by atoms with Gasteiger partial charge in [0, 0.05) is 35.9 Å². The molecule has 1 heterocycles. The molecule has 0 N–H and O–H groups in total. The molecule has 3 heteroatoms. The number of benzene rings is 1. The second-order valence-corrected chi connectivity index (χ2v) is 5.76. The van der Waals surface area contributed by atoms with Gasteiger partial charge in [-0.05, 0) is 24.6 Å². The maximum atomic E-state index is 11.5. The number of rotatable bonds is 2. The molecule has 1 aromatic rings. The van der Waals surface area contributed by atoms with Gasteiger partial charge in [0.05, 0.1) is 0 Å². The molecule has 0 spiro atoms. The van der Waals surface area contributed by atoms with Crippen LogP contribution in [0.2, 0.25) is 0 Å². The third-order valence-electron chi connectivity index (χ3n) is 3.58. The van der Waals surface area contributed by atoms with E-state index in [-0.39, 0.29) is 5.92 Å². The molecule has 1 aliphatic heterocycles. The molecule has 1 aliphatic rings. The number of carbonyl (C=O) groups is 1. The summed E-state index contributed by atoms with van der Waals surface area (Å²) in [4.78, 5) is 13.9. The molecule has 2 nitrogen and oxygen atoms in total. The first-order valence-corrected chi connectivity index (χ1v) is 6.89. The lowest BCUT2D eigenvalue weighted by Gasteiger charge is -2.35. The fourth-order valence-corrected chi connectivity index (χ4v) is 2.79. The smallest absolute Gasteiger partial charge is 0.138 e. The third-order valence-corrected chi connectivity index (χ3v) is 4.08. The van der Waals surface area contributed by atoms with Gasteiger partial charge in [0.2, 0.25) is 0 Å². The number of piperidine rings is 1. The van der Waals surface area contributed by atoms with Crippen LogP contribution in [0.15, 0.2) is 28.7 Å². The second-order valence-electron chi connectivity index (χ2n) is 4.84. The Balaban J connectivity index is 2.10. The summed E-state index contributed by atoms with van der Waals surface area (Å²) in [5.74, 6) is 0.584. The Labute approximate surface area is 111 Å². The first-order chi connectivity index (χ1) is 8.08. The first kappa shape index (κ1) is 12.8. The highest BCUT2D eigenvalue weighted by molar-refractivity contribution is 9.10. The molecule has 2 atom stereocenters. The van der Waals surface area contributed by atoms with Crippen LogP contribution in [0.1, 0.15) is 31.9 Å². The first-order valence-electron chi connectivity index (χ1n) is 6.10. The topological polar surface area (TPSA) is 20.3 Å². The van der Waals surface area contributed by atoms with Crippen molar-refractivity contribution in [1.29, 1.82) is 0 Å². The van der Waals surface area contributed by atoms with Crippen LogP contribution in [-0.4, -0.2) is 23.8 Å². The fraction of sp³-hybridized carbons (Fsp3) is 0.500. The van der Waals surface area contributed by atoms with Crippen molar-refractivity contribution in [2.75, 3.05) is 13.1 Å². The van der Waals surface area contributed by atoms with Crippen molar-refractivity contribution >= 4 is 21.7 Å². The van der Waals surface area contributed by atoms with E-state index in [1.54, 1.807) is 0 Å². The van der Waals surface area contributed by atoms with Crippen molar-refractivity contribution in [3.05, 3.63) is 34.3 Å². The number of nitrogens with zero attached hydrogens (tertiary/aromatic N) is 1. The van der Waals surface area contributed by atoms with Crippen LogP contribution in [-0.2, 0) is 4.79 Å². The van der Waals surface area contributed by atoms with Crippen LogP contribution >= 0.6 is 15.9 Å². The molecule has 0 radical (unpaired) electrons. The zero-order valence-corrected chi connectivity index (χ0v) is 11.9. The van der Waals surface area contributed by atoms with Gasteiger partial charge in [0.15, 0.2) is 0 Å². The lowest BCUT2D eigenvalue weighted by atomic mass is 9.95. The molecule has 0 aromatic heterocycles. The Morgan fingerprint density at radius 1 is 1.47 bits per heavy atom. The van der Waals surface area contributed by atoms with E-state index in [0.717, 1.165) is 17.6 Å². The van der Waals surface area contributed by atoms with E-state index in [0.29, 0.717) is 18.2 Å². The normalized spacial score (nSPS) is 23.7. The summed E-state index contributed by atoms with van der Waals surface area (Å²) in [5, 5.41) is 0. The van der Waals surface area contributed by atoms with Crippen LogP contribution < -0.4 is 0 Å². The van der Waals surface area contributed by atoms with Gasteiger partial charge in [0.25, 0.3) is 0 Å². The fourth-order valence-electron chi connectivity index (χ4n) is 2.37. The molecule has 2 rings (SSSR count). The van der Waals surface area contributed by atoms with Gasteiger partial charge >= 0.3 is 0 Å². The minimum Gasteiger partial charge on any atom is -0.299 e. The van der Waals surface area contributed by atoms with Crippen molar-refractivity contribution in [2.24, 2.45) is 5.92 Å². The maximum absolute atomic E-state index is 11.5. The molecular formula is C14H18BrNO. The Morgan fingerprint density at radius 3 is 2.88 bits per heavy atom. The third kappa shape index (κ3) is 2.96. The minimum atomic E-state index is 0.179. The summed E-state index contributed by atoms with van der Waals surface area (Å²) in [6.07, 6.45) is 0.694. The Morgan fingerprint density at radius 2 is 2.24 bits per heavy atom. The van der Waals surface area contributed by atoms with E-state index >= 15 is 0 Å². The number of carbonyl (C=O) groups excluding carboxylic acids is 1. The summed E-state index contributed by atoms with van der Waals surface area (Å²) in [5.41, 5.74) is 1.31. The lowest BCUT2D eigenvalue weighted by molar-refractivity contribution is -0.126. The van der Waals surface area contributed by atoms with Crippen LogP contribution in [0.3, 0.4) is 0 Å². The Bertz CT molecular complexity index is 418. The summed E-state index contributed by atoms with van der Waals surface area (Å²) in [7, 11) is 0. The molecule has 0 amide bonds. The highest BCUT2D eigenvalue weighted by Gasteiger charge is 2.26. The molecule has 0 bridgehead atoms. The number of hydrogen-bond acceptors (Lipinski definition) is 2. The van der Waals surface area contributed by atoms with E-state index in [4.69, 9.17) is 0 Å². The predicted octanol–water partition coefficient (Wildman–Crippen LogP) is 3.42. The Kier molecular flexibility index (Phi) is 4.00. The Hall–Kier alpha value is -0.670. The monoisotopic (exact) mass is 295 g/mol. The van der Waals surface area contributed by atoms with Crippen molar-refractivity contribution in [2.45, 2.75) is 26.3 Å². The molecule has 1 saturated heterocycles.